The van der Waals surface area contributed by atoms with E-state index in [9.17, 15) is 0 Å². The highest BCUT2D eigenvalue weighted by Crippen LogP contribution is 2.21. The Kier molecular flexibility index (Phi) is 4.70. The topological polar surface area (TPSA) is 31.4 Å². The van der Waals surface area contributed by atoms with E-state index in [0.717, 1.165) is 5.56 Å². The van der Waals surface area contributed by atoms with Gasteiger partial charge in [-0.2, -0.15) is 0 Å². The number of halogens is 1. The molecule has 0 aromatic carbocycles. The third-order valence-corrected chi connectivity index (χ3v) is 1.89. The number of rotatable bonds is 5. The minimum atomic E-state index is 0.469. The van der Waals surface area contributed by atoms with Crippen molar-refractivity contribution >= 4 is 11.6 Å². The molecular weight excluding hydrogens is 202 g/mol. The highest BCUT2D eigenvalue weighted by molar-refractivity contribution is 6.31. The summed E-state index contributed by atoms with van der Waals surface area (Å²) in [6, 6.07) is 1.82. The highest BCUT2D eigenvalue weighted by atomic mass is 35.5. The molecule has 1 aromatic heterocycles. The predicted molar refractivity (Wildman–Crippen MR) is 56.0 cm³/mol. The molecule has 0 amide bonds. The Morgan fingerprint density at radius 2 is 2.21 bits per heavy atom. The average Bonchev–Trinajstić information content (AvgIpc) is 2.15. The molecule has 0 radical (unpaired) electrons. The van der Waals surface area contributed by atoms with E-state index in [1.165, 1.54) is 0 Å². The molecule has 1 rings (SSSR count). The Labute approximate surface area is 89.0 Å². The van der Waals surface area contributed by atoms with Gasteiger partial charge in [-0.15, -0.1) is 0 Å². The summed E-state index contributed by atoms with van der Waals surface area (Å²) in [4.78, 5) is 4.07. The lowest BCUT2D eigenvalue weighted by Crippen LogP contribution is -2.07. The van der Waals surface area contributed by atoms with Crippen molar-refractivity contribution in [3.63, 3.8) is 0 Å². The second kappa shape index (κ2) is 5.83. The van der Waals surface area contributed by atoms with Crippen LogP contribution in [-0.2, 0) is 4.74 Å². The fraction of sp³-hybridized carbons (Fsp3) is 0.500. The van der Waals surface area contributed by atoms with Crippen LogP contribution in [0.1, 0.15) is 12.5 Å². The molecule has 14 heavy (non-hydrogen) atoms. The van der Waals surface area contributed by atoms with Crippen LogP contribution in [0.5, 0.6) is 5.88 Å². The molecule has 0 atom stereocenters. The van der Waals surface area contributed by atoms with Crippen LogP contribution in [0.3, 0.4) is 0 Å². The average molecular weight is 216 g/mol. The minimum Gasteiger partial charge on any atom is -0.474 e. The fourth-order valence-corrected chi connectivity index (χ4v) is 1.24. The van der Waals surface area contributed by atoms with Gasteiger partial charge >= 0.3 is 0 Å². The first-order valence-electron chi connectivity index (χ1n) is 4.56. The van der Waals surface area contributed by atoms with Crippen molar-refractivity contribution in [1.29, 1.82) is 0 Å². The van der Waals surface area contributed by atoms with Crippen molar-refractivity contribution in [3.8, 4) is 5.88 Å². The molecule has 0 saturated carbocycles. The molecule has 0 aliphatic heterocycles. The van der Waals surface area contributed by atoms with Gasteiger partial charge in [-0.25, -0.2) is 4.98 Å². The number of ether oxygens (including phenoxy) is 2. The van der Waals surface area contributed by atoms with E-state index in [2.05, 4.69) is 4.98 Å². The quantitative estimate of drug-likeness (QED) is 0.708. The van der Waals surface area contributed by atoms with Gasteiger partial charge in [-0.1, -0.05) is 11.6 Å². The van der Waals surface area contributed by atoms with Gasteiger partial charge in [0.25, 0.3) is 0 Å². The summed E-state index contributed by atoms with van der Waals surface area (Å²) in [7, 11) is 0. The summed E-state index contributed by atoms with van der Waals surface area (Å²) in [6.45, 7) is 5.60. The molecule has 3 nitrogen and oxygen atoms in total. The molecule has 0 unspecified atom stereocenters. The number of nitrogens with zero attached hydrogens (tertiary/aromatic N) is 1. The fourth-order valence-electron chi connectivity index (χ4n) is 0.969. The molecule has 0 aliphatic rings. The van der Waals surface area contributed by atoms with Gasteiger partial charge < -0.3 is 9.47 Å². The molecule has 4 heteroatoms. The van der Waals surface area contributed by atoms with Crippen LogP contribution in [-0.4, -0.2) is 24.8 Å². The third kappa shape index (κ3) is 3.52. The van der Waals surface area contributed by atoms with Crippen LogP contribution in [0.2, 0.25) is 5.02 Å². The summed E-state index contributed by atoms with van der Waals surface area (Å²) in [5, 5.41) is 0.543. The normalized spacial score (nSPS) is 10.2. The van der Waals surface area contributed by atoms with E-state index in [4.69, 9.17) is 21.1 Å². The molecule has 78 valence electrons. The van der Waals surface area contributed by atoms with Crippen molar-refractivity contribution in [2.75, 3.05) is 19.8 Å². The van der Waals surface area contributed by atoms with Crippen molar-refractivity contribution < 1.29 is 9.47 Å². The molecule has 0 fully saturated rings. The van der Waals surface area contributed by atoms with Gasteiger partial charge in [0, 0.05) is 12.8 Å². The molecular formula is C10H14ClNO2. The van der Waals surface area contributed by atoms with Crippen LogP contribution >= 0.6 is 11.6 Å². The Morgan fingerprint density at radius 3 is 2.86 bits per heavy atom. The van der Waals surface area contributed by atoms with E-state index in [-0.39, 0.29) is 0 Å². The Bertz CT molecular complexity index is 291. The maximum atomic E-state index is 5.91. The first kappa shape index (κ1) is 11.3. The van der Waals surface area contributed by atoms with E-state index >= 15 is 0 Å². The van der Waals surface area contributed by atoms with Gasteiger partial charge in [-0.3, -0.25) is 0 Å². The van der Waals surface area contributed by atoms with Crippen molar-refractivity contribution in [2.24, 2.45) is 0 Å². The lowest BCUT2D eigenvalue weighted by molar-refractivity contribution is 0.108. The monoisotopic (exact) mass is 215 g/mol. The van der Waals surface area contributed by atoms with Gasteiger partial charge in [-0.05, 0) is 25.5 Å². The van der Waals surface area contributed by atoms with Crippen molar-refractivity contribution in [1.82, 2.24) is 4.98 Å². The van der Waals surface area contributed by atoms with Crippen LogP contribution in [0.4, 0.5) is 0 Å². The largest absolute Gasteiger partial charge is 0.474 e. The van der Waals surface area contributed by atoms with Gasteiger partial charge in [0.15, 0.2) is 0 Å². The predicted octanol–water partition coefficient (Wildman–Crippen LogP) is 2.46. The zero-order chi connectivity index (χ0) is 10.4. The first-order valence-corrected chi connectivity index (χ1v) is 4.94. The minimum absolute atomic E-state index is 0.469. The SMILES string of the molecule is CCOCCOc1ncc(C)cc1Cl. The van der Waals surface area contributed by atoms with E-state index in [1.54, 1.807) is 6.20 Å². The zero-order valence-electron chi connectivity index (χ0n) is 8.42. The third-order valence-electron chi connectivity index (χ3n) is 1.61. The van der Waals surface area contributed by atoms with E-state index < -0.39 is 0 Å². The first-order chi connectivity index (χ1) is 6.74. The van der Waals surface area contributed by atoms with Gasteiger partial charge in [0.05, 0.1) is 6.61 Å². The second-order valence-electron chi connectivity index (χ2n) is 2.85. The summed E-state index contributed by atoms with van der Waals surface area (Å²) < 4.78 is 10.4. The molecule has 0 aliphatic carbocycles. The molecule has 0 spiro atoms. The van der Waals surface area contributed by atoms with Crippen LogP contribution < -0.4 is 4.74 Å². The van der Waals surface area contributed by atoms with Gasteiger partial charge in [0.2, 0.25) is 5.88 Å². The number of hydrogen-bond acceptors (Lipinski definition) is 3. The van der Waals surface area contributed by atoms with Crippen molar-refractivity contribution in [2.45, 2.75) is 13.8 Å². The molecule has 0 bridgehead atoms. The summed E-state index contributed by atoms with van der Waals surface area (Å²) in [5.74, 6) is 0.469. The number of pyridine rings is 1. The Morgan fingerprint density at radius 1 is 1.43 bits per heavy atom. The van der Waals surface area contributed by atoms with Crippen LogP contribution in [0, 0.1) is 6.92 Å². The van der Waals surface area contributed by atoms with Crippen LogP contribution in [0.15, 0.2) is 12.3 Å². The lowest BCUT2D eigenvalue weighted by Gasteiger charge is -2.06. The van der Waals surface area contributed by atoms with Crippen molar-refractivity contribution in [3.05, 3.63) is 22.8 Å². The standard InChI is InChI=1S/C10H14ClNO2/c1-3-13-4-5-14-10-9(11)6-8(2)7-12-10/h6-7H,3-5H2,1-2H3. The molecule has 0 N–H and O–H groups in total. The molecule has 1 heterocycles. The smallest absolute Gasteiger partial charge is 0.232 e. The number of hydrogen-bond donors (Lipinski definition) is 0. The molecule has 0 saturated heterocycles. The van der Waals surface area contributed by atoms with Gasteiger partial charge in [0.1, 0.15) is 11.6 Å². The second-order valence-corrected chi connectivity index (χ2v) is 3.25. The lowest BCUT2D eigenvalue weighted by atomic mass is 10.3. The summed E-state index contributed by atoms with van der Waals surface area (Å²) in [5.41, 5.74) is 1.02. The Hall–Kier alpha value is -0.800. The maximum absolute atomic E-state index is 5.91. The Balaban J connectivity index is 2.42. The van der Waals surface area contributed by atoms with E-state index in [1.807, 2.05) is 19.9 Å². The zero-order valence-corrected chi connectivity index (χ0v) is 9.17. The summed E-state index contributed by atoms with van der Waals surface area (Å²) in [6.07, 6.45) is 1.72. The number of aromatic nitrogens is 1. The van der Waals surface area contributed by atoms with Crippen LogP contribution in [0.25, 0.3) is 0 Å². The maximum Gasteiger partial charge on any atom is 0.232 e. The molecule has 1 aromatic rings. The number of aryl methyl sites for hydroxylation is 1. The van der Waals surface area contributed by atoms with E-state index in [0.29, 0.717) is 30.7 Å². The summed E-state index contributed by atoms with van der Waals surface area (Å²) >= 11 is 5.91. The highest BCUT2D eigenvalue weighted by Gasteiger charge is 2.02.